The second-order valence-corrected chi connectivity index (χ2v) is 9.26. The Balaban J connectivity index is 0.000000251. The number of piperidine rings is 1. The van der Waals surface area contributed by atoms with E-state index in [-0.39, 0.29) is 17.6 Å². The highest BCUT2D eigenvalue weighted by Gasteiger charge is 2.38. The first-order valence-electron chi connectivity index (χ1n) is 9.81. The minimum Gasteiger partial charge on any atom is -0.367 e. The van der Waals surface area contributed by atoms with Crippen LogP contribution >= 0.6 is 0 Å². The molecule has 0 aliphatic carbocycles. The third kappa shape index (κ3) is 7.88. The van der Waals surface area contributed by atoms with Crippen molar-refractivity contribution in [3.8, 4) is 0 Å². The quantitative estimate of drug-likeness (QED) is 0.738. The summed E-state index contributed by atoms with van der Waals surface area (Å²) in [6.07, 6.45) is -0.891. The molecule has 0 radical (unpaired) electrons. The Bertz CT molecular complexity index is 375. The first-order valence-corrected chi connectivity index (χ1v) is 9.81. The second-order valence-electron chi connectivity index (χ2n) is 9.26. The van der Waals surface area contributed by atoms with Crippen molar-refractivity contribution in [1.82, 2.24) is 9.80 Å². The van der Waals surface area contributed by atoms with Crippen molar-refractivity contribution in [3.05, 3.63) is 0 Å². The lowest BCUT2D eigenvalue weighted by Gasteiger charge is -2.48. The molecule has 0 N–H and O–H groups in total. The molecule has 0 bridgehead atoms. The maximum atomic E-state index is 12.9. The highest BCUT2D eigenvalue weighted by atomic mass is 19.1. The van der Waals surface area contributed by atoms with Gasteiger partial charge in [-0.25, -0.2) is 8.78 Å². The minimum absolute atomic E-state index is 0.00792. The highest BCUT2D eigenvalue weighted by Crippen LogP contribution is 2.28. The number of rotatable bonds is 3. The van der Waals surface area contributed by atoms with Crippen LogP contribution in [-0.2, 0) is 4.74 Å². The number of nitrogens with zero attached hydrogens (tertiary/aromatic N) is 2. The summed E-state index contributed by atoms with van der Waals surface area (Å²) >= 11 is 0. The van der Waals surface area contributed by atoms with Crippen molar-refractivity contribution >= 4 is 0 Å². The highest BCUT2D eigenvalue weighted by molar-refractivity contribution is 4.90. The fraction of sp³-hybridized carbons (Fsp3) is 1.00. The average molecular weight is 363 g/mol. The summed E-state index contributed by atoms with van der Waals surface area (Å²) < 4.78 is 31.8. The molecule has 2 saturated heterocycles. The lowest BCUT2D eigenvalue weighted by atomic mass is 9.98. The van der Waals surface area contributed by atoms with Crippen LogP contribution in [0.25, 0.3) is 0 Å². The summed E-state index contributed by atoms with van der Waals surface area (Å²) in [5.41, 5.74) is -0.0158. The third-order valence-corrected chi connectivity index (χ3v) is 5.04. The molecule has 0 aromatic rings. The van der Waals surface area contributed by atoms with E-state index in [0.717, 1.165) is 19.5 Å². The number of morpholine rings is 1. The zero-order valence-electron chi connectivity index (χ0n) is 17.6. The van der Waals surface area contributed by atoms with Crippen LogP contribution in [-0.4, -0.2) is 71.6 Å². The van der Waals surface area contributed by atoms with E-state index in [0.29, 0.717) is 25.2 Å². The molecule has 2 aliphatic heterocycles. The first-order chi connectivity index (χ1) is 11.3. The van der Waals surface area contributed by atoms with Crippen LogP contribution in [0.15, 0.2) is 0 Å². The van der Waals surface area contributed by atoms with Gasteiger partial charge in [-0.2, -0.15) is 0 Å². The summed E-state index contributed by atoms with van der Waals surface area (Å²) in [6, 6.07) is 0.921. The molecule has 0 aromatic carbocycles. The van der Waals surface area contributed by atoms with Crippen LogP contribution in [0.5, 0.6) is 0 Å². The van der Waals surface area contributed by atoms with E-state index in [4.69, 9.17) is 4.74 Å². The Morgan fingerprint density at radius 1 is 0.920 bits per heavy atom. The fourth-order valence-corrected chi connectivity index (χ4v) is 3.84. The van der Waals surface area contributed by atoms with E-state index >= 15 is 0 Å². The number of hydrogen-bond acceptors (Lipinski definition) is 3. The SMILES string of the molecule is CC(C)N1CC(C)(C)OC(C)(C)C1.CCC(C)N1CC(F)CC(F)C1. The Morgan fingerprint density at radius 2 is 1.36 bits per heavy atom. The monoisotopic (exact) mass is 362 g/mol. The van der Waals surface area contributed by atoms with Crippen LogP contribution < -0.4 is 0 Å². The van der Waals surface area contributed by atoms with Gasteiger partial charge in [-0.1, -0.05) is 6.92 Å². The normalized spacial score (nSPS) is 31.3. The first kappa shape index (κ1) is 22.8. The van der Waals surface area contributed by atoms with Gasteiger partial charge in [-0.3, -0.25) is 9.80 Å². The Morgan fingerprint density at radius 3 is 1.72 bits per heavy atom. The maximum absolute atomic E-state index is 12.9. The molecule has 2 fully saturated rings. The van der Waals surface area contributed by atoms with E-state index < -0.39 is 12.3 Å². The number of ether oxygens (including phenoxy) is 1. The molecule has 2 rings (SSSR count). The molecule has 150 valence electrons. The molecule has 0 spiro atoms. The fourth-order valence-electron chi connectivity index (χ4n) is 3.84. The van der Waals surface area contributed by atoms with E-state index in [2.05, 4.69) is 46.4 Å². The van der Waals surface area contributed by atoms with Crippen LogP contribution in [0.1, 0.15) is 68.2 Å². The molecular formula is C20H40F2N2O. The van der Waals surface area contributed by atoms with E-state index in [1.54, 1.807) is 0 Å². The van der Waals surface area contributed by atoms with Gasteiger partial charge in [-0.15, -0.1) is 0 Å². The number of likely N-dealkylation sites (tertiary alicyclic amines) is 1. The predicted molar refractivity (Wildman–Crippen MR) is 102 cm³/mol. The molecule has 0 aromatic heterocycles. The molecule has 5 heteroatoms. The van der Waals surface area contributed by atoms with Gasteiger partial charge in [0.05, 0.1) is 11.2 Å². The predicted octanol–water partition coefficient (Wildman–Crippen LogP) is 4.45. The Labute approximate surface area is 154 Å². The van der Waals surface area contributed by atoms with Gasteiger partial charge in [0.1, 0.15) is 12.3 Å². The number of alkyl halides is 2. The lowest BCUT2D eigenvalue weighted by Crippen LogP contribution is -2.58. The molecular weight excluding hydrogens is 322 g/mol. The molecule has 2 aliphatic rings. The Kier molecular flexibility index (Phi) is 8.29. The van der Waals surface area contributed by atoms with Crippen molar-refractivity contribution < 1.29 is 13.5 Å². The minimum atomic E-state index is -0.970. The third-order valence-electron chi connectivity index (χ3n) is 5.04. The summed E-state index contributed by atoms with van der Waals surface area (Å²) in [7, 11) is 0. The van der Waals surface area contributed by atoms with Gasteiger partial charge < -0.3 is 4.74 Å². The smallest absolute Gasteiger partial charge is 0.116 e. The average Bonchev–Trinajstić information content (AvgIpc) is 2.42. The topological polar surface area (TPSA) is 15.7 Å². The largest absolute Gasteiger partial charge is 0.367 e. The van der Waals surface area contributed by atoms with Gasteiger partial charge >= 0.3 is 0 Å². The summed E-state index contributed by atoms with van der Waals surface area (Å²) in [6.45, 7) is 20.1. The standard InChI is InChI=1S/C11H23NO.C9H17F2N/c1-9(2)12-7-10(3,4)13-11(5,6)8-12;1-3-7(2)12-5-8(10)4-9(11)6-12/h9H,7-8H2,1-6H3;7-9H,3-6H2,1-2H3. The lowest BCUT2D eigenvalue weighted by molar-refractivity contribution is -0.185. The van der Waals surface area contributed by atoms with Gasteiger partial charge in [0, 0.05) is 44.7 Å². The molecule has 2 heterocycles. The van der Waals surface area contributed by atoms with Crippen LogP contribution in [0.3, 0.4) is 0 Å². The van der Waals surface area contributed by atoms with Crippen LogP contribution in [0, 0.1) is 0 Å². The van der Waals surface area contributed by atoms with Gasteiger partial charge in [0.2, 0.25) is 0 Å². The van der Waals surface area contributed by atoms with Crippen molar-refractivity contribution in [1.29, 1.82) is 0 Å². The molecule has 0 amide bonds. The molecule has 0 saturated carbocycles. The molecule has 3 unspecified atom stereocenters. The maximum Gasteiger partial charge on any atom is 0.116 e. The van der Waals surface area contributed by atoms with E-state index in [1.165, 1.54) is 0 Å². The molecule has 25 heavy (non-hydrogen) atoms. The summed E-state index contributed by atoms with van der Waals surface area (Å²) in [4.78, 5) is 4.39. The summed E-state index contributed by atoms with van der Waals surface area (Å²) in [5.74, 6) is 0. The van der Waals surface area contributed by atoms with Crippen molar-refractivity contribution in [2.24, 2.45) is 0 Å². The number of hydrogen-bond donors (Lipinski definition) is 0. The van der Waals surface area contributed by atoms with Crippen molar-refractivity contribution in [3.63, 3.8) is 0 Å². The van der Waals surface area contributed by atoms with Crippen LogP contribution in [0.4, 0.5) is 8.78 Å². The second kappa shape index (κ2) is 9.09. The number of halogens is 2. The van der Waals surface area contributed by atoms with E-state index in [1.807, 2.05) is 18.7 Å². The van der Waals surface area contributed by atoms with Gasteiger partial charge in [0.15, 0.2) is 0 Å². The van der Waals surface area contributed by atoms with Gasteiger partial charge in [-0.05, 0) is 54.9 Å². The van der Waals surface area contributed by atoms with Crippen LogP contribution in [0.2, 0.25) is 0 Å². The molecule has 3 nitrogen and oxygen atoms in total. The van der Waals surface area contributed by atoms with Crippen molar-refractivity contribution in [2.45, 2.75) is 104 Å². The summed E-state index contributed by atoms with van der Waals surface area (Å²) in [5, 5.41) is 0. The molecule has 3 atom stereocenters. The van der Waals surface area contributed by atoms with Crippen molar-refractivity contribution in [2.75, 3.05) is 26.2 Å². The zero-order chi connectivity index (χ0) is 19.4. The Hall–Kier alpha value is -0.260. The zero-order valence-corrected chi connectivity index (χ0v) is 17.6. The van der Waals surface area contributed by atoms with Gasteiger partial charge in [0.25, 0.3) is 0 Å². The van der Waals surface area contributed by atoms with E-state index in [9.17, 15) is 8.78 Å².